The van der Waals surface area contributed by atoms with Crippen LogP contribution >= 0.6 is 15.9 Å². The number of piperazine rings is 1. The van der Waals surface area contributed by atoms with Crippen LogP contribution in [0, 0.1) is 25.2 Å². The zero-order valence-corrected chi connectivity index (χ0v) is 14.8. The molecule has 0 N–H and O–H groups in total. The van der Waals surface area contributed by atoms with Gasteiger partial charge in [0.2, 0.25) is 0 Å². The summed E-state index contributed by atoms with van der Waals surface area (Å²) in [4.78, 5) is 13.5. The lowest BCUT2D eigenvalue weighted by Gasteiger charge is -2.36. The van der Waals surface area contributed by atoms with E-state index in [0.29, 0.717) is 5.56 Å². The SMILES string of the molecule is Cc1cc(C)c(C#N)c(N2CCN(c3ccc(Br)cn3)CC2)n1. The molecule has 0 unspecified atom stereocenters. The number of aromatic nitrogens is 2. The number of pyridine rings is 2. The fraction of sp³-hybridized carbons (Fsp3) is 0.353. The molecule has 2 aromatic rings. The highest BCUT2D eigenvalue weighted by molar-refractivity contribution is 9.10. The monoisotopic (exact) mass is 371 g/mol. The van der Waals surface area contributed by atoms with Crippen LogP contribution in [-0.4, -0.2) is 36.1 Å². The van der Waals surface area contributed by atoms with E-state index in [2.05, 4.69) is 41.8 Å². The standard InChI is InChI=1S/C17H18BrN5/c1-12-9-13(2)21-17(15(12)10-19)23-7-5-22(6-8-23)16-4-3-14(18)11-20-16/h3-4,9,11H,5-8H2,1-2H3. The minimum Gasteiger partial charge on any atom is -0.353 e. The summed E-state index contributed by atoms with van der Waals surface area (Å²) in [7, 11) is 0. The summed E-state index contributed by atoms with van der Waals surface area (Å²) in [5, 5.41) is 9.44. The Balaban J connectivity index is 1.77. The molecule has 0 aromatic carbocycles. The largest absolute Gasteiger partial charge is 0.353 e. The minimum absolute atomic E-state index is 0.686. The fourth-order valence-corrected chi connectivity index (χ4v) is 3.12. The first-order chi connectivity index (χ1) is 11.1. The molecule has 3 rings (SSSR count). The Kier molecular flexibility index (Phi) is 4.49. The molecule has 1 aliphatic heterocycles. The lowest BCUT2D eigenvalue weighted by atomic mass is 10.1. The van der Waals surface area contributed by atoms with Crippen LogP contribution in [0.15, 0.2) is 28.9 Å². The number of rotatable bonds is 2. The third-order valence-electron chi connectivity index (χ3n) is 4.05. The molecule has 1 saturated heterocycles. The van der Waals surface area contributed by atoms with Crippen molar-refractivity contribution in [1.29, 1.82) is 5.26 Å². The van der Waals surface area contributed by atoms with Gasteiger partial charge in [-0.2, -0.15) is 5.26 Å². The van der Waals surface area contributed by atoms with Gasteiger partial charge in [-0.1, -0.05) is 0 Å². The third kappa shape index (κ3) is 3.30. The van der Waals surface area contributed by atoms with Crippen molar-refractivity contribution in [3.8, 4) is 6.07 Å². The Bertz CT molecular complexity index is 743. The Morgan fingerprint density at radius 3 is 2.43 bits per heavy atom. The van der Waals surface area contributed by atoms with Crippen molar-refractivity contribution in [1.82, 2.24) is 9.97 Å². The maximum Gasteiger partial charge on any atom is 0.147 e. The number of halogens is 1. The molecule has 0 aliphatic carbocycles. The highest BCUT2D eigenvalue weighted by Crippen LogP contribution is 2.24. The van der Waals surface area contributed by atoms with Crippen LogP contribution in [0.5, 0.6) is 0 Å². The molecule has 1 fully saturated rings. The van der Waals surface area contributed by atoms with Crippen molar-refractivity contribution < 1.29 is 0 Å². The van der Waals surface area contributed by atoms with E-state index in [1.807, 2.05) is 38.2 Å². The average Bonchev–Trinajstić information content (AvgIpc) is 2.55. The molecule has 0 atom stereocenters. The van der Waals surface area contributed by atoms with E-state index < -0.39 is 0 Å². The van der Waals surface area contributed by atoms with Gasteiger partial charge in [-0.25, -0.2) is 9.97 Å². The van der Waals surface area contributed by atoms with E-state index in [1.54, 1.807) is 0 Å². The smallest absolute Gasteiger partial charge is 0.147 e. The van der Waals surface area contributed by atoms with E-state index in [1.165, 1.54) is 0 Å². The first-order valence-electron chi connectivity index (χ1n) is 7.58. The van der Waals surface area contributed by atoms with Crippen LogP contribution in [0.25, 0.3) is 0 Å². The predicted octanol–water partition coefficient (Wildman–Crippen LogP) is 3.05. The molecule has 0 bridgehead atoms. The summed E-state index contributed by atoms with van der Waals surface area (Å²) in [5.74, 6) is 1.80. The molecule has 0 amide bonds. The molecule has 118 valence electrons. The summed E-state index contributed by atoms with van der Waals surface area (Å²) >= 11 is 3.41. The van der Waals surface area contributed by atoms with Crippen LogP contribution in [0.4, 0.5) is 11.6 Å². The molecule has 0 saturated carbocycles. The Morgan fingerprint density at radius 1 is 1.13 bits per heavy atom. The van der Waals surface area contributed by atoms with E-state index in [4.69, 9.17) is 0 Å². The number of hydrogen-bond acceptors (Lipinski definition) is 5. The molecular formula is C17H18BrN5. The van der Waals surface area contributed by atoms with Crippen molar-refractivity contribution in [2.24, 2.45) is 0 Å². The van der Waals surface area contributed by atoms with Crippen LogP contribution < -0.4 is 9.80 Å². The summed E-state index contributed by atoms with van der Waals surface area (Å²) in [6.45, 7) is 7.35. The van der Waals surface area contributed by atoms with Crippen molar-refractivity contribution in [2.75, 3.05) is 36.0 Å². The highest BCUT2D eigenvalue weighted by atomic mass is 79.9. The zero-order chi connectivity index (χ0) is 16.4. The average molecular weight is 372 g/mol. The second-order valence-electron chi connectivity index (χ2n) is 5.70. The van der Waals surface area contributed by atoms with Crippen molar-refractivity contribution >= 4 is 27.6 Å². The van der Waals surface area contributed by atoms with Gasteiger partial charge < -0.3 is 9.80 Å². The second kappa shape index (κ2) is 6.55. The van der Waals surface area contributed by atoms with Crippen LogP contribution in [0.2, 0.25) is 0 Å². The van der Waals surface area contributed by atoms with Gasteiger partial charge in [0.05, 0.1) is 5.56 Å². The van der Waals surface area contributed by atoms with E-state index in [9.17, 15) is 5.26 Å². The van der Waals surface area contributed by atoms with Crippen molar-refractivity contribution in [3.05, 3.63) is 45.7 Å². The number of nitriles is 1. The third-order valence-corrected chi connectivity index (χ3v) is 4.52. The van der Waals surface area contributed by atoms with E-state index >= 15 is 0 Å². The number of hydrogen-bond donors (Lipinski definition) is 0. The number of nitrogens with zero attached hydrogens (tertiary/aromatic N) is 5. The highest BCUT2D eigenvalue weighted by Gasteiger charge is 2.22. The fourth-order valence-electron chi connectivity index (χ4n) is 2.89. The van der Waals surface area contributed by atoms with Gasteiger partial charge >= 0.3 is 0 Å². The lowest BCUT2D eigenvalue weighted by Crippen LogP contribution is -2.47. The van der Waals surface area contributed by atoms with Gasteiger partial charge in [0.15, 0.2) is 0 Å². The maximum absolute atomic E-state index is 9.44. The molecule has 23 heavy (non-hydrogen) atoms. The summed E-state index contributed by atoms with van der Waals surface area (Å²) < 4.78 is 0.984. The molecule has 1 aliphatic rings. The molecule has 3 heterocycles. The molecule has 6 heteroatoms. The van der Waals surface area contributed by atoms with Gasteiger partial charge in [-0.15, -0.1) is 0 Å². The lowest BCUT2D eigenvalue weighted by molar-refractivity contribution is 0.640. The first kappa shape index (κ1) is 15.8. The van der Waals surface area contributed by atoms with Crippen molar-refractivity contribution in [3.63, 3.8) is 0 Å². The van der Waals surface area contributed by atoms with Crippen molar-refractivity contribution in [2.45, 2.75) is 13.8 Å². The van der Waals surface area contributed by atoms with E-state index in [-0.39, 0.29) is 0 Å². The van der Waals surface area contributed by atoms with Gasteiger partial charge in [0.1, 0.15) is 17.7 Å². The van der Waals surface area contributed by atoms with Gasteiger partial charge in [-0.05, 0) is 53.5 Å². The normalized spacial score (nSPS) is 14.7. The van der Waals surface area contributed by atoms with Gasteiger partial charge in [0.25, 0.3) is 0 Å². The quantitative estimate of drug-likeness (QED) is 0.811. The zero-order valence-electron chi connectivity index (χ0n) is 13.3. The predicted molar refractivity (Wildman–Crippen MR) is 94.8 cm³/mol. The van der Waals surface area contributed by atoms with Gasteiger partial charge in [0, 0.05) is 42.5 Å². The summed E-state index contributed by atoms with van der Waals surface area (Å²) in [5.41, 5.74) is 2.63. The Labute approximate surface area is 144 Å². The molecule has 0 radical (unpaired) electrons. The molecule has 5 nitrogen and oxygen atoms in total. The first-order valence-corrected chi connectivity index (χ1v) is 8.37. The molecular weight excluding hydrogens is 354 g/mol. The minimum atomic E-state index is 0.686. The summed E-state index contributed by atoms with van der Waals surface area (Å²) in [6, 6.07) is 8.30. The maximum atomic E-state index is 9.44. The molecule has 0 spiro atoms. The summed E-state index contributed by atoms with van der Waals surface area (Å²) in [6.07, 6.45) is 1.82. The number of anilines is 2. The Morgan fingerprint density at radius 2 is 1.83 bits per heavy atom. The second-order valence-corrected chi connectivity index (χ2v) is 6.62. The van der Waals surface area contributed by atoms with Crippen LogP contribution in [0.3, 0.4) is 0 Å². The topological polar surface area (TPSA) is 56.1 Å². The Hall–Kier alpha value is -2.13. The van der Waals surface area contributed by atoms with Crippen LogP contribution in [-0.2, 0) is 0 Å². The molecule has 2 aromatic heterocycles. The van der Waals surface area contributed by atoms with E-state index in [0.717, 1.165) is 53.5 Å². The van der Waals surface area contributed by atoms with Gasteiger partial charge in [-0.3, -0.25) is 0 Å². The van der Waals surface area contributed by atoms with Crippen LogP contribution in [0.1, 0.15) is 16.8 Å². The number of aryl methyl sites for hydroxylation is 2.